The molecule has 0 aromatic carbocycles. The van der Waals surface area contributed by atoms with Crippen LogP contribution in [0.2, 0.25) is 6.04 Å². The fourth-order valence-corrected chi connectivity index (χ4v) is 1.03. The molecule has 0 unspecified atom stereocenters. The average Bonchev–Trinajstić information content (AvgIpc) is 2.03. The van der Waals surface area contributed by atoms with Gasteiger partial charge >= 0.3 is 0 Å². The van der Waals surface area contributed by atoms with Crippen molar-refractivity contribution in [2.24, 2.45) is 5.73 Å². The Hall–Kier alpha value is 0.0969. The molecule has 0 bridgehead atoms. The van der Waals surface area contributed by atoms with Gasteiger partial charge in [-0.2, -0.15) is 0 Å². The van der Waals surface area contributed by atoms with Gasteiger partial charge in [0.05, 0.1) is 0 Å². The van der Waals surface area contributed by atoms with E-state index in [1.54, 1.807) is 0 Å². The first kappa shape index (κ1) is 11.1. The Bertz CT molecular complexity index is 62.7. The standard InChI is InChI=1S/C7H20N3Si/c8-2-4-10-6-5-9-3-1-7-11/h9-10H,1-8,11H2. The smallest absolute Gasteiger partial charge is 0.00803 e. The fraction of sp³-hybridized carbons (Fsp3) is 1.00. The second-order valence-corrected chi connectivity index (χ2v) is 3.20. The SMILES string of the molecule is NCCNCCNCCC[SiH2]. The van der Waals surface area contributed by atoms with Crippen molar-refractivity contribution in [2.75, 3.05) is 32.7 Å². The molecule has 0 amide bonds. The third-order valence-corrected chi connectivity index (χ3v) is 1.90. The number of nitrogens with one attached hydrogen (secondary N) is 2. The van der Waals surface area contributed by atoms with Gasteiger partial charge in [-0.15, -0.1) is 0 Å². The molecule has 0 atom stereocenters. The lowest BCUT2D eigenvalue weighted by Gasteiger charge is -2.03. The van der Waals surface area contributed by atoms with Crippen LogP contribution in [0.5, 0.6) is 0 Å². The summed E-state index contributed by atoms with van der Waals surface area (Å²) in [6.07, 6.45) is 1.29. The molecule has 0 aromatic rings. The molecule has 0 rings (SSSR count). The summed E-state index contributed by atoms with van der Waals surface area (Å²) < 4.78 is 0. The Morgan fingerprint density at radius 2 is 1.64 bits per heavy atom. The average molecular weight is 174 g/mol. The zero-order valence-corrected chi connectivity index (χ0v) is 8.65. The third kappa shape index (κ3) is 10.1. The molecule has 0 aliphatic rings. The van der Waals surface area contributed by atoms with Gasteiger partial charge in [0.2, 0.25) is 0 Å². The van der Waals surface area contributed by atoms with Crippen molar-refractivity contribution in [1.29, 1.82) is 0 Å². The number of rotatable bonds is 8. The summed E-state index contributed by atoms with van der Waals surface area (Å²) in [5.74, 6) is 0. The second kappa shape index (κ2) is 10.1. The van der Waals surface area contributed by atoms with Crippen molar-refractivity contribution < 1.29 is 0 Å². The van der Waals surface area contributed by atoms with E-state index < -0.39 is 0 Å². The van der Waals surface area contributed by atoms with Crippen LogP contribution in [0.1, 0.15) is 6.42 Å². The van der Waals surface area contributed by atoms with Crippen LogP contribution in [0.3, 0.4) is 0 Å². The highest BCUT2D eigenvalue weighted by Gasteiger charge is 1.85. The van der Waals surface area contributed by atoms with Crippen LogP contribution < -0.4 is 16.4 Å². The fourth-order valence-electron chi connectivity index (χ4n) is 0.779. The van der Waals surface area contributed by atoms with E-state index in [4.69, 9.17) is 5.73 Å². The minimum atomic E-state index is 0.732. The molecule has 0 spiro atoms. The molecule has 0 aliphatic carbocycles. The summed E-state index contributed by atoms with van der Waals surface area (Å²) >= 11 is 0. The highest BCUT2D eigenvalue weighted by atomic mass is 28.1. The van der Waals surface area contributed by atoms with Crippen LogP contribution in [0.15, 0.2) is 0 Å². The summed E-state index contributed by atoms with van der Waals surface area (Å²) in [4.78, 5) is 0. The monoisotopic (exact) mass is 174 g/mol. The predicted octanol–water partition coefficient (Wildman–Crippen LogP) is -1.43. The van der Waals surface area contributed by atoms with E-state index in [1.807, 2.05) is 10.2 Å². The topological polar surface area (TPSA) is 50.1 Å². The molecule has 1 radical (unpaired) electrons. The lowest BCUT2D eigenvalue weighted by atomic mass is 10.4. The van der Waals surface area contributed by atoms with Gasteiger partial charge in [0.25, 0.3) is 0 Å². The van der Waals surface area contributed by atoms with Gasteiger partial charge in [-0.3, -0.25) is 0 Å². The maximum atomic E-state index is 5.31. The van der Waals surface area contributed by atoms with Gasteiger partial charge in [0, 0.05) is 36.4 Å². The molecule has 0 heterocycles. The summed E-state index contributed by atoms with van der Waals surface area (Å²) in [6, 6.07) is 1.29. The Labute approximate surface area is 72.5 Å². The van der Waals surface area contributed by atoms with E-state index in [2.05, 4.69) is 10.6 Å². The first-order valence-electron chi connectivity index (χ1n) is 4.32. The molecule has 0 aromatic heterocycles. The van der Waals surface area contributed by atoms with E-state index >= 15 is 0 Å². The normalized spacial score (nSPS) is 10.4. The highest BCUT2D eigenvalue weighted by Crippen LogP contribution is 1.78. The zero-order valence-electron chi connectivity index (χ0n) is 7.23. The van der Waals surface area contributed by atoms with Crippen molar-refractivity contribution in [1.82, 2.24) is 10.6 Å². The van der Waals surface area contributed by atoms with Gasteiger partial charge in [0.1, 0.15) is 0 Å². The van der Waals surface area contributed by atoms with Crippen molar-refractivity contribution >= 4 is 10.2 Å². The van der Waals surface area contributed by atoms with Crippen LogP contribution in [0.25, 0.3) is 0 Å². The van der Waals surface area contributed by atoms with E-state index in [1.165, 1.54) is 12.5 Å². The molecule has 11 heavy (non-hydrogen) atoms. The van der Waals surface area contributed by atoms with Crippen molar-refractivity contribution in [3.05, 3.63) is 0 Å². The van der Waals surface area contributed by atoms with E-state index in [9.17, 15) is 0 Å². The van der Waals surface area contributed by atoms with Crippen molar-refractivity contribution in [2.45, 2.75) is 12.5 Å². The van der Waals surface area contributed by atoms with Crippen LogP contribution in [-0.2, 0) is 0 Å². The first-order chi connectivity index (χ1) is 5.41. The largest absolute Gasteiger partial charge is 0.329 e. The molecule has 0 saturated heterocycles. The summed E-state index contributed by atoms with van der Waals surface area (Å²) in [5, 5.41) is 6.57. The van der Waals surface area contributed by atoms with Crippen LogP contribution >= 0.6 is 0 Å². The maximum Gasteiger partial charge on any atom is 0.00803 e. The van der Waals surface area contributed by atoms with Crippen molar-refractivity contribution in [3.63, 3.8) is 0 Å². The first-order valence-corrected chi connectivity index (χ1v) is 5.32. The molecule has 0 aliphatic heterocycles. The molecular formula is C7H20N3Si. The number of hydrogen-bond acceptors (Lipinski definition) is 3. The minimum Gasteiger partial charge on any atom is -0.329 e. The molecule has 4 N–H and O–H groups in total. The Morgan fingerprint density at radius 3 is 2.18 bits per heavy atom. The van der Waals surface area contributed by atoms with Gasteiger partial charge in [-0.1, -0.05) is 6.04 Å². The Balaban J connectivity index is 2.69. The van der Waals surface area contributed by atoms with E-state index in [0.29, 0.717) is 0 Å². The van der Waals surface area contributed by atoms with Crippen molar-refractivity contribution in [3.8, 4) is 0 Å². The van der Waals surface area contributed by atoms with Crippen LogP contribution in [0, 0.1) is 0 Å². The van der Waals surface area contributed by atoms with E-state index in [-0.39, 0.29) is 0 Å². The number of hydrogen-bond donors (Lipinski definition) is 3. The lowest BCUT2D eigenvalue weighted by Crippen LogP contribution is -2.31. The maximum absolute atomic E-state index is 5.31. The quantitative estimate of drug-likeness (QED) is 0.312. The minimum absolute atomic E-state index is 0.732. The summed E-state index contributed by atoms with van der Waals surface area (Å²) in [5.41, 5.74) is 5.31. The Kier molecular flexibility index (Phi) is 10.2. The summed E-state index contributed by atoms with van der Waals surface area (Å²) in [7, 11) is 2.03. The van der Waals surface area contributed by atoms with Gasteiger partial charge < -0.3 is 16.4 Å². The molecule has 0 fully saturated rings. The summed E-state index contributed by atoms with van der Waals surface area (Å²) in [6.45, 7) is 4.90. The number of nitrogens with two attached hydrogens (primary N) is 1. The third-order valence-electron chi connectivity index (χ3n) is 1.40. The van der Waals surface area contributed by atoms with Gasteiger partial charge in [0.15, 0.2) is 0 Å². The van der Waals surface area contributed by atoms with Crippen LogP contribution in [0.4, 0.5) is 0 Å². The molecule has 4 heteroatoms. The Morgan fingerprint density at radius 1 is 1.00 bits per heavy atom. The molecular weight excluding hydrogens is 154 g/mol. The zero-order chi connectivity index (χ0) is 8.36. The van der Waals surface area contributed by atoms with E-state index in [0.717, 1.165) is 32.7 Å². The molecule has 67 valence electrons. The van der Waals surface area contributed by atoms with Gasteiger partial charge in [-0.05, 0) is 13.0 Å². The van der Waals surface area contributed by atoms with Crippen LogP contribution in [-0.4, -0.2) is 43.0 Å². The highest BCUT2D eigenvalue weighted by molar-refractivity contribution is 6.08. The second-order valence-electron chi connectivity index (χ2n) is 2.50. The lowest BCUT2D eigenvalue weighted by molar-refractivity contribution is 0.610. The predicted molar refractivity (Wildman–Crippen MR) is 52.8 cm³/mol. The molecule has 0 saturated carbocycles. The van der Waals surface area contributed by atoms with Gasteiger partial charge in [-0.25, -0.2) is 0 Å². The molecule has 3 nitrogen and oxygen atoms in total.